The van der Waals surface area contributed by atoms with Gasteiger partial charge in [0, 0.05) is 28.7 Å². The first-order valence-corrected chi connectivity index (χ1v) is 8.02. The summed E-state index contributed by atoms with van der Waals surface area (Å²) in [6, 6.07) is 11.1. The van der Waals surface area contributed by atoms with Crippen molar-refractivity contribution >= 4 is 16.7 Å². The Bertz CT molecular complexity index is 983. The smallest absolute Gasteiger partial charge is 0.368 e. The number of hydrogen-bond acceptors (Lipinski definition) is 2. The zero-order chi connectivity index (χ0) is 17.6. The van der Waals surface area contributed by atoms with E-state index in [1.165, 1.54) is 12.1 Å². The van der Waals surface area contributed by atoms with E-state index in [-0.39, 0.29) is 0 Å². The molecule has 0 radical (unpaired) electrons. The Morgan fingerprint density at radius 2 is 1.84 bits per heavy atom. The van der Waals surface area contributed by atoms with Gasteiger partial charge in [0.15, 0.2) is 0 Å². The monoisotopic (exact) mass is 343 g/mol. The summed E-state index contributed by atoms with van der Waals surface area (Å²) in [6.07, 6.45) is -4.35. The van der Waals surface area contributed by atoms with Gasteiger partial charge in [-0.2, -0.15) is 13.2 Å². The molecular formula is C19H16F3N3. The Kier molecular flexibility index (Phi) is 3.56. The Labute approximate surface area is 142 Å². The number of aliphatic imine (C=N–C) groups is 1. The molecule has 1 aliphatic heterocycles. The number of halogens is 3. The van der Waals surface area contributed by atoms with Crippen molar-refractivity contribution in [3.05, 3.63) is 59.3 Å². The van der Waals surface area contributed by atoms with Crippen molar-refractivity contribution in [2.75, 3.05) is 13.1 Å². The molecule has 0 atom stereocenters. The highest BCUT2D eigenvalue weighted by Gasteiger charge is 2.30. The summed E-state index contributed by atoms with van der Waals surface area (Å²) in [5, 5.41) is 4.22. The summed E-state index contributed by atoms with van der Waals surface area (Å²) in [6.45, 7) is 3.51. The number of nitrogens with zero attached hydrogens (tertiary/aromatic N) is 1. The third-order valence-electron chi connectivity index (χ3n) is 4.42. The van der Waals surface area contributed by atoms with Crippen LogP contribution in [0.5, 0.6) is 0 Å². The van der Waals surface area contributed by atoms with Gasteiger partial charge in [0.1, 0.15) is 5.84 Å². The molecule has 0 unspecified atom stereocenters. The Morgan fingerprint density at radius 1 is 1.04 bits per heavy atom. The van der Waals surface area contributed by atoms with E-state index < -0.39 is 11.7 Å². The van der Waals surface area contributed by atoms with E-state index in [4.69, 9.17) is 0 Å². The number of hydrogen-bond donors (Lipinski definition) is 2. The van der Waals surface area contributed by atoms with Crippen molar-refractivity contribution in [1.29, 1.82) is 0 Å². The van der Waals surface area contributed by atoms with Gasteiger partial charge in [0.05, 0.1) is 12.1 Å². The molecule has 1 aromatic heterocycles. The van der Waals surface area contributed by atoms with Crippen LogP contribution in [0.15, 0.2) is 47.5 Å². The lowest BCUT2D eigenvalue weighted by atomic mass is 10.00. The molecule has 4 rings (SSSR count). The van der Waals surface area contributed by atoms with Crippen LogP contribution in [-0.2, 0) is 6.18 Å². The predicted molar refractivity (Wildman–Crippen MR) is 92.9 cm³/mol. The molecule has 0 amide bonds. The molecular weight excluding hydrogens is 327 g/mol. The quantitative estimate of drug-likeness (QED) is 0.706. The minimum Gasteiger partial charge on any atom is -0.368 e. The zero-order valence-electron chi connectivity index (χ0n) is 13.5. The minimum atomic E-state index is -4.35. The fourth-order valence-electron chi connectivity index (χ4n) is 3.25. The summed E-state index contributed by atoms with van der Waals surface area (Å²) < 4.78 is 38.9. The van der Waals surface area contributed by atoms with Gasteiger partial charge in [-0.1, -0.05) is 18.2 Å². The maximum atomic E-state index is 13.0. The standard InChI is InChI=1S/C19H16F3N3/c1-11-17(18-23-7-8-24-18)15-10-13(5-6-16(15)25-11)12-3-2-4-14(9-12)19(20,21)22/h2-6,9-10,25H,7-8H2,1H3,(H,23,24). The summed E-state index contributed by atoms with van der Waals surface area (Å²) in [5.41, 5.74) is 3.57. The molecule has 3 aromatic rings. The Morgan fingerprint density at radius 3 is 2.56 bits per heavy atom. The molecule has 0 aliphatic carbocycles. The number of aryl methyl sites for hydroxylation is 1. The van der Waals surface area contributed by atoms with Crippen LogP contribution < -0.4 is 5.32 Å². The number of H-pyrrole nitrogens is 1. The Hall–Kier alpha value is -2.76. The average molecular weight is 343 g/mol. The third kappa shape index (κ3) is 2.77. The molecule has 0 spiro atoms. The molecule has 0 fully saturated rings. The largest absolute Gasteiger partial charge is 0.416 e. The fourth-order valence-corrected chi connectivity index (χ4v) is 3.25. The number of aromatic amines is 1. The van der Waals surface area contributed by atoms with Crippen molar-refractivity contribution in [3.8, 4) is 11.1 Å². The van der Waals surface area contributed by atoms with Gasteiger partial charge in [-0.05, 0) is 42.3 Å². The van der Waals surface area contributed by atoms with Crippen molar-refractivity contribution in [2.45, 2.75) is 13.1 Å². The van der Waals surface area contributed by atoms with Gasteiger partial charge in [0.2, 0.25) is 0 Å². The summed E-state index contributed by atoms with van der Waals surface area (Å²) in [7, 11) is 0. The summed E-state index contributed by atoms with van der Waals surface area (Å²) in [4.78, 5) is 7.79. The van der Waals surface area contributed by atoms with Crippen LogP contribution in [0.2, 0.25) is 0 Å². The molecule has 2 aromatic carbocycles. The maximum Gasteiger partial charge on any atom is 0.416 e. The SMILES string of the molecule is Cc1[nH]c2ccc(-c3cccc(C(F)(F)F)c3)cc2c1C1=NCCN1. The van der Waals surface area contributed by atoms with Gasteiger partial charge >= 0.3 is 6.18 Å². The number of benzene rings is 2. The second kappa shape index (κ2) is 5.65. The van der Waals surface area contributed by atoms with E-state index in [0.717, 1.165) is 52.7 Å². The lowest BCUT2D eigenvalue weighted by Crippen LogP contribution is -2.19. The van der Waals surface area contributed by atoms with E-state index in [9.17, 15) is 13.2 Å². The molecule has 25 heavy (non-hydrogen) atoms. The van der Waals surface area contributed by atoms with Crippen LogP contribution in [0.25, 0.3) is 22.0 Å². The fraction of sp³-hybridized carbons (Fsp3) is 0.211. The highest BCUT2D eigenvalue weighted by atomic mass is 19.4. The molecule has 2 N–H and O–H groups in total. The summed E-state index contributed by atoms with van der Waals surface area (Å²) in [5.74, 6) is 0.838. The van der Waals surface area contributed by atoms with Gasteiger partial charge in [0.25, 0.3) is 0 Å². The van der Waals surface area contributed by atoms with Gasteiger partial charge in [-0.15, -0.1) is 0 Å². The van der Waals surface area contributed by atoms with Crippen LogP contribution in [0, 0.1) is 6.92 Å². The molecule has 0 bridgehead atoms. The number of aromatic nitrogens is 1. The average Bonchev–Trinajstić information content (AvgIpc) is 3.20. The van der Waals surface area contributed by atoms with Crippen molar-refractivity contribution < 1.29 is 13.2 Å². The van der Waals surface area contributed by atoms with Crippen LogP contribution >= 0.6 is 0 Å². The van der Waals surface area contributed by atoms with Crippen LogP contribution in [0.4, 0.5) is 13.2 Å². The van der Waals surface area contributed by atoms with Crippen LogP contribution in [-0.4, -0.2) is 23.9 Å². The number of alkyl halides is 3. The molecule has 0 saturated carbocycles. The second-order valence-electron chi connectivity index (χ2n) is 6.12. The van der Waals surface area contributed by atoms with E-state index in [1.54, 1.807) is 6.07 Å². The normalized spacial score (nSPS) is 14.6. The lowest BCUT2D eigenvalue weighted by Gasteiger charge is -2.09. The van der Waals surface area contributed by atoms with E-state index in [2.05, 4.69) is 15.3 Å². The van der Waals surface area contributed by atoms with Crippen molar-refractivity contribution in [3.63, 3.8) is 0 Å². The molecule has 2 heterocycles. The van der Waals surface area contributed by atoms with E-state index in [0.29, 0.717) is 5.56 Å². The first kappa shape index (κ1) is 15.7. The molecule has 128 valence electrons. The van der Waals surface area contributed by atoms with Crippen LogP contribution in [0.3, 0.4) is 0 Å². The van der Waals surface area contributed by atoms with E-state index >= 15 is 0 Å². The topological polar surface area (TPSA) is 40.2 Å². The lowest BCUT2D eigenvalue weighted by molar-refractivity contribution is -0.137. The molecule has 3 nitrogen and oxygen atoms in total. The summed E-state index contributed by atoms with van der Waals surface area (Å²) >= 11 is 0. The highest BCUT2D eigenvalue weighted by Crippen LogP contribution is 2.34. The maximum absolute atomic E-state index is 13.0. The van der Waals surface area contributed by atoms with Crippen molar-refractivity contribution in [1.82, 2.24) is 10.3 Å². The molecule has 1 aliphatic rings. The highest BCUT2D eigenvalue weighted by molar-refractivity contribution is 6.12. The number of nitrogens with one attached hydrogen (secondary N) is 2. The van der Waals surface area contributed by atoms with E-state index in [1.807, 2.05) is 25.1 Å². The van der Waals surface area contributed by atoms with Gasteiger partial charge in [-0.3, -0.25) is 4.99 Å². The number of rotatable bonds is 2. The first-order chi connectivity index (χ1) is 11.9. The number of fused-ring (bicyclic) bond motifs is 1. The van der Waals surface area contributed by atoms with Gasteiger partial charge in [-0.25, -0.2) is 0 Å². The van der Waals surface area contributed by atoms with Crippen LogP contribution in [0.1, 0.15) is 16.8 Å². The third-order valence-corrected chi connectivity index (χ3v) is 4.42. The number of amidine groups is 1. The van der Waals surface area contributed by atoms with Crippen molar-refractivity contribution in [2.24, 2.45) is 4.99 Å². The molecule has 0 saturated heterocycles. The predicted octanol–water partition coefficient (Wildman–Crippen LogP) is 4.51. The zero-order valence-corrected chi connectivity index (χ0v) is 13.5. The first-order valence-electron chi connectivity index (χ1n) is 8.02. The second-order valence-corrected chi connectivity index (χ2v) is 6.12. The van der Waals surface area contributed by atoms with Gasteiger partial charge < -0.3 is 10.3 Å². The Balaban J connectivity index is 1.86. The minimum absolute atomic E-state index is 0.544. The molecule has 6 heteroatoms.